The van der Waals surface area contributed by atoms with Crippen LogP contribution in [-0.4, -0.2) is 31.2 Å². The van der Waals surface area contributed by atoms with Crippen molar-refractivity contribution in [2.24, 2.45) is 5.73 Å². The standard InChI is InChI=1S/C14H19ClN2O3/c1-14(2,8-16)17-12(18)7-9-5-10(15)13-11(6-9)19-3-4-20-13/h5-6H,3-4,7-8,16H2,1-2H3,(H,17,18). The summed E-state index contributed by atoms with van der Waals surface area (Å²) >= 11 is 6.13. The molecule has 1 aliphatic heterocycles. The lowest BCUT2D eigenvalue weighted by Crippen LogP contribution is -2.49. The Hall–Kier alpha value is -1.46. The summed E-state index contributed by atoms with van der Waals surface area (Å²) in [6.07, 6.45) is 0.222. The van der Waals surface area contributed by atoms with Crippen LogP contribution in [0.3, 0.4) is 0 Å². The van der Waals surface area contributed by atoms with E-state index in [1.54, 1.807) is 12.1 Å². The van der Waals surface area contributed by atoms with E-state index in [4.69, 9.17) is 26.8 Å². The number of fused-ring (bicyclic) bond motifs is 1. The number of carbonyl (C=O) groups is 1. The third-order valence-electron chi connectivity index (χ3n) is 3.01. The predicted molar refractivity (Wildman–Crippen MR) is 77.4 cm³/mol. The number of hydrogen-bond donors (Lipinski definition) is 2. The average Bonchev–Trinajstić information content (AvgIpc) is 2.38. The summed E-state index contributed by atoms with van der Waals surface area (Å²) in [5.74, 6) is 1.03. The first-order chi connectivity index (χ1) is 9.41. The monoisotopic (exact) mass is 298 g/mol. The Kier molecular flexibility index (Phi) is 4.40. The van der Waals surface area contributed by atoms with Gasteiger partial charge in [-0.05, 0) is 31.5 Å². The molecule has 0 bridgehead atoms. The normalized spacial score (nSPS) is 14.0. The number of nitrogens with one attached hydrogen (secondary N) is 1. The number of amides is 1. The molecule has 1 aromatic rings. The van der Waals surface area contributed by atoms with Gasteiger partial charge in [0.25, 0.3) is 0 Å². The van der Waals surface area contributed by atoms with Crippen LogP contribution in [0.25, 0.3) is 0 Å². The molecule has 0 radical (unpaired) electrons. The van der Waals surface area contributed by atoms with Crippen LogP contribution in [0.4, 0.5) is 0 Å². The van der Waals surface area contributed by atoms with Gasteiger partial charge in [0, 0.05) is 12.1 Å². The maximum absolute atomic E-state index is 12.0. The van der Waals surface area contributed by atoms with Crippen LogP contribution in [0.2, 0.25) is 5.02 Å². The van der Waals surface area contributed by atoms with Crippen LogP contribution in [-0.2, 0) is 11.2 Å². The topological polar surface area (TPSA) is 73.6 Å². The fourth-order valence-electron chi connectivity index (χ4n) is 1.92. The number of rotatable bonds is 4. The van der Waals surface area contributed by atoms with Crippen molar-refractivity contribution in [3.8, 4) is 11.5 Å². The summed E-state index contributed by atoms with van der Waals surface area (Å²) in [5.41, 5.74) is 5.95. The first kappa shape index (κ1) is 14.9. The van der Waals surface area contributed by atoms with Gasteiger partial charge in [0.2, 0.25) is 5.91 Å². The molecule has 1 heterocycles. The summed E-state index contributed by atoms with van der Waals surface area (Å²) in [7, 11) is 0. The van der Waals surface area contributed by atoms with Gasteiger partial charge >= 0.3 is 0 Å². The molecular weight excluding hydrogens is 280 g/mol. The molecule has 1 aliphatic rings. The number of nitrogens with two attached hydrogens (primary N) is 1. The molecular formula is C14H19ClN2O3. The van der Waals surface area contributed by atoms with E-state index >= 15 is 0 Å². The van der Waals surface area contributed by atoms with Crippen molar-refractivity contribution < 1.29 is 14.3 Å². The number of hydrogen-bond acceptors (Lipinski definition) is 4. The van der Waals surface area contributed by atoms with Gasteiger partial charge in [0.15, 0.2) is 11.5 Å². The highest BCUT2D eigenvalue weighted by molar-refractivity contribution is 6.32. The number of halogens is 1. The zero-order valence-corrected chi connectivity index (χ0v) is 12.4. The first-order valence-electron chi connectivity index (χ1n) is 6.50. The highest BCUT2D eigenvalue weighted by atomic mass is 35.5. The molecule has 5 nitrogen and oxygen atoms in total. The van der Waals surface area contributed by atoms with Crippen LogP contribution < -0.4 is 20.5 Å². The Morgan fingerprint density at radius 1 is 1.40 bits per heavy atom. The zero-order chi connectivity index (χ0) is 14.8. The van der Waals surface area contributed by atoms with Crippen molar-refractivity contribution in [3.63, 3.8) is 0 Å². The van der Waals surface area contributed by atoms with Crippen molar-refractivity contribution in [1.29, 1.82) is 0 Å². The Morgan fingerprint density at radius 3 is 2.80 bits per heavy atom. The van der Waals surface area contributed by atoms with E-state index in [1.807, 2.05) is 13.8 Å². The fourth-order valence-corrected chi connectivity index (χ4v) is 2.21. The third-order valence-corrected chi connectivity index (χ3v) is 3.29. The van der Waals surface area contributed by atoms with E-state index in [-0.39, 0.29) is 12.3 Å². The maximum Gasteiger partial charge on any atom is 0.224 e. The highest BCUT2D eigenvalue weighted by Crippen LogP contribution is 2.38. The second kappa shape index (κ2) is 5.89. The van der Waals surface area contributed by atoms with Crippen molar-refractivity contribution in [1.82, 2.24) is 5.32 Å². The van der Waals surface area contributed by atoms with Gasteiger partial charge in [-0.25, -0.2) is 0 Å². The van der Waals surface area contributed by atoms with Crippen LogP contribution in [0.5, 0.6) is 11.5 Å². The van der Waals surface area contributed by atoms with Gasteiger partial charge in [0.05, 0.1) is 11.4 Å². The molecule has 1 amide bonds. The lowest BCUT2D eigenvalue weighted by atomic mass is 10.0. The molecule has 2 rings (SSSR count). The van der Waals surface area contributed by atoms with Crippen LogP contribution in [0, 0.1) is 0 Å². The molecule has 3 N–H and O–H groups in total. The Morgan fingerprint density at radius 2 is 2.10 bits per heavy atom. The van der Waals surface area contributed by atoms with Crippen LogP contribution in [0.1, 0.15) is 19.4 Å². The molecule has 0 fully saturated rings. The average molecular weight is 299 g/mol. The van der Waals surface area contributed by atoms with Crippen LogP contribution in [0.15, 0.2) is 12.1 Å². The van der Waals surface area contributed by atoms with E-state index < -0.39 is 5.54 Å². The van der Waals surface area contributed by atoms with E-state index in [2.05, 4.69) is 5.32 Å². The second-order valence-corrected chi connectivity index (χ2v) is 5.82. The molecule has 110 valence electrons. The molecule has 0 atom stereocenters. The molecule has 0 saturated heterocycles. The maximum atomic E-state index is 12.0. The Balaban J connectivity index is 2.10. The fraction of sp³-hybridized carbons (Fsp3) is 0.500. The number of carbonyl (C=O) groups excluding carboxylic acids is 1. The lowest BCUT2D eigenvalue weighted by molar-refractivity contribution is -0.121. The summed E-state index contributed by atoms with van der Waals surface area (Å²) in [6.45, 7) is 5.10. The molecule has 0 spiro atoms. The quantitative estimate of drug-likeness (QED) is 0.883. The van der Waals surface area contributed by atoms with Gasteiger partial charge in [-0.3, -0.25) is 4.79 Å². The largest absolute Gasteiger partial charge is 0.486 e. The van der Waals surface area contributed by atoms with Crippen molar-refractivity contribution in [2.45, 2.75) is 25.8 Å². The highest BCUT2D eigenvalue weighted by Gasteiger charge is 2.20. The van der Waals surface area contributed by atoms with Gasteiger partial charge in [0.1, 0.15) is 13.2 Å². The van der Waals surface area contributed by atoms with Crippen molar-refractivity contribution in [3.05, 3.63) is 22.7 Å². The van der Waals surface area contributed by atoms with E-state index in [0.29, 0.717) is 36.3 Å². The number of ether oxygens (including phenoxy) is 2. The molecule has 0 aromatic heterocycles. The molecule has 1 aromatic carbocycles. The summed E-state index contributed by atoms with van der Waals surface area (Å²) in [4.78, 5) is 12.0. The third kappa shape index (κ3) is 3.55. The molecule has 6 heteroatoms. The Labute approximate surface area is 123 Å². The summed E-state index contributed by atoms with van der Waals surface area (Å²) < 4.78 is 10.9. The van der Waals surface area contributed by atoms with Crippen LogP contribution >= 0.6 is 11.6 Å². The first-order valence-corrected chi connectivity index (χ1v) is 6.88. The van der Waals surface area contributed by atoms with Gasteiger partial charge < -0.3 is 20.5 Å². The van der Waals surface area contributed by atoms with E-state index in [0.717, 1.165) is 5.56 Å². The molecule has 0 saturated carbocycles. The van der Waals surface area contributed by atoms with Crippen molar-refractivity contribution in [2.75, 3.05) is 19.8 Å². The lowest BCUT2D eigenvalue weighted by Gasteiger charge is -2.24. The molecule has 20 heavy (non-hydrogen) atoms. The van der Waals surface area contributed by atoms with Gasteiger partial charge in [-0.2, -0.15) is 0 Å². The minimum absolute atomic E-state index is 0.104. The smallest absolute Gasteiger partial charge is 0.224 e. The Bertz CT molecular complexity index is 517. The summed E-state index contributed by atoms with van der Waals surface area (Å²) in [5, 5.41) is 3.34. The predicted octanol–water partition coefficient (Wildman–Crippen LogP) is 1.51. The number of benzene rings is 1. The minimum Gasteiger partial charge on any atom is -0.486 e. The molecule has 0 unspecified atom stereocenters. The van der Waals surface area contributed by atoms with Gasteiger partial charge in [-0.15, -0.1) is 0 Å². The summed E-state index contributed by atoms with van der Waals surface area (Å²) in [6, 6.07) is 3.51. The van der Waals surface area contributed by atoms with Crippen molar-refractivity contribution >= 4 is 17.5 Å². The van der Waals surface area contributed by atoms with E-state index in [9.17, 15) is 4.79 Å². The van der Waals surface area contributed by atoms with Gasteiger partial charge in [-0.1, -0.05) is 11.6 Å². The van der Waals surface area contributed by atoms with E-state index in [1.165, 1.54) is 0 Å². The molecule has 0 aliphatic carbocycles. The SMILES string of the molecule is CC(C)(CN)NC(=O)Cc1cc(Cl)c2c(c1)OCCO2. The minimum atomic E-state index is -0.422. The second-order valence-electron chi connectivity index (χ2n) is 5.41. The zero-order valence-electron chi connectivity index (χ0n) is 11.7.